The van der Waals surface area contributed by atoms with E-state index in [4.69, 9.17) is 0 Å². The van der Waals surface area contributed by atoms with E-state index < -0.39 is 0 Å². The van der Waals surface area contributed by atoms with Gasteiger partial charge in [-0.3, -0.25) is 4.79 Å². The van der Waals surface area contributed by atoms with Crippen molar-refractivity contribution >= 4 is 16.9 Å². The molecule has 6 nitrogen and oxygen atoms in total. The van der Waals surface area contributed by atoms with E-state index in [0.717, 1.165) is 25.2 Å². The first kappa shape index (κ1) is 17.3. The second kappa shape index (κ2) is 7.27. The largest absolute Gasteiger partial charge is 0.351 e. The van der Waals surface area contributed by atoms with Crippen LogP contribution in [-0.4, -0.2) is 47.0 Å². The minimum absolute atomic E-state index is 0.0882. The molecule has 1 aromatic heterocycles. The molecule has 0 bridgehead atoms. The van der Waals surface area contributed by atoms with Crippen molar-refractivity contribution in [1.82, 2.24) is 20.2 Å². The SMILES string of the molecule is O=C(NCCN1CCC2(CCCCC2)CC1)c1ccc2[nH]c(=O)[nH]c2c1. The summed E-state index contributed by atoms with van der Waals surface area (Å²) in [6.45, 7) is 3.89. The van der Waals surface area contributed by atoms with Gasteiger partial charge in [0.2, 0.25) is 0 Å². The Morgan fingerprint density at radius 1 is 1.04 bits per heavy atom. The molecule has 2 aromatic rings. The number of imidazole rings is 1. The quantitative estimate of drug-likeness (QED) is 0.788. The standard InChI is InChI=1S/C20H28N4O2/c25-18(15-4-5-16-17(14-15)23-19(26)22-16)21-10-13-24-11-8-20(9-12-24)6-2-1-3-7-20/h4-5,14H,1-3,6-13H2,(H,21,25)(H2,22,23,26). The summed E-state index contributed by atoms with van der Waals surface area (Å²) in [6, 6.07) is 5.22. The van der Waals surface area contributed by atoms with Crippen LogP contribution in [0.4, 0.5) is 0 Å². The van der Waals surface area contributed by atoms with Gasteiger partial charge in [-0.2, -0.15) is 0 Å². The predicted molar refractivity (Wildman–Crippen MR) is 102 cm³/mol. The van der Waals surface area contributed by atoms with Crippen LogP contribution in [0, 0.1) is 5.41 Å². The summed E-state index contributed by atoms with van der Waals surface area (Å²) in [5, 5.41) is 3.01. The number of nitrogens with one attached hydrogen (secondary N) is 3. The van der Waals surface area contributed by atoms with Crippen LogP contribution >= 0.6 is 0 Å². The Morgan fingerprint density at radius 2 is 1.77 bits per heavy atom. The zero-order chi connectivity index (χ0) is 18.0. The third kappa shape index (κ3) is 3.70. The molecule has 140 valence electrons. The Labute approximate surface area is 153 Å². The van der Waals surface area contributed by atoms with Crippen molar-refractivity contribution in [2.45, 2.75) is 44.9 Å². The Balaban J connectivity index is 1.25. The lowest BCUT2D eigenvalue weighted by molar-refractivity contribution is 0.0673. The molecular weight excluding hydrogens is 328 g/mol. The normalized spacial score (nSPS) is 20.5. The first-order valence-electron chi connectivity index (χ1n) is 9.86. The number of carbonyl (C=O) groups is 1. The number of carbonyl (C=O) groups excluding carboxylic acids is 1. The molecule has 3 N–H and O–H groups in total. The number of amides is 1. The van der Waals surface area contributed by atoms with Crippen LogP contribution in [0.5, 0.6) is 0 Å². The maximum Gasteiger partial charge on any atom is 0.323 e. The molecule has 1 aromatic carbocycles. The smallest absolute Gasteiger partial charge is 0.323 e. The molecule has 0 unspecified atom stereocenters. The van der Waals surface area contributed by atoms with Gasteiger partial charge in [0.25, 0.3) is 5.91 Å². The van der Waals surface area contributed by atoms with Crippen molar-refractivity contribution in [2.75, 3.05) is 26.2 Å². The molecular formula is C20H28N4O2. The van der Waals surface area contributed by atoms with Crippen LogP contribution in [-0.2, 0) is 0 Å². The topological polar surface area (TPSA) is 81.0 Å². The van der Waals surface area contributed by atoms with Gasteiger partial charge in [-0.25, -0.2) is 4.79 Å². The lowest BCUT2D eigenvalue weighted by Crippen LogP contribution is -2.44. The summed E-state index contributed by atoms with van der Waals surface area (Å²) in [7, 11) is 0. The van der Waals surface area contributed by atoms with Crippen molar-refractivity contribution in [1.29, 1.82) is 0 Å². The van der Waals surface area contributed by atoms with Crippen LogP contribution in [0.3, 0.4) is 0 Å². The minimum atomic E-state index is -0.251. The van der Waals surface area contributed by atoms with Gasteiger partial charge in [-0.1, -0.05) is 19.3 Å². The van der Waals surface area contributed by atoms with Gasteiger partial charge in [-0.05, 0) is 62.4 Å². The monoisotopic (exact) mass is 356 g/mol. The molecule has 1 aliphatic heterocycles. The number of H-pyrrole nitrogens is 2. The maximum atomic E-state index is 12.3. The summed E-state index contributed by atoms with van der Waals surface area (Å²) >= 11 is 0. The fourth-order valence-corrected chi connectivity index (χ4v) is 4.66. The summed E-state index contributed by atoms with van der Waals surface area (Å²) in [5.41, 5.74) is 2.33. The van der Waals surface area contributed by atoms with Crippen molar-refractivity contribution in [3.63, 3.8) is 0 Å². The number of aromatic nitrogens is 2. The third-order valence-corrected chi connectivity index (χ3v) is 6.32. The Bertz CT molecular complexity index is 822. The number of likely N-dealkylation sites (tertiary alicyclic amines) is 1. The molecule has 2 heterocycles. The average Bonchev–Trinajstić information content (AvgIpc) is 3.03. The summed E-state index contributed by atoms with van der Waals surface area (Å²) < 4.78 is 0. The highest BCUT2D eigenvalue weighted by Gasteiger charge is 2.35. The summed E-state index contributed by atoms with van der Waals surface area (Å²) in [5.74, 6) is -0.0882. The number of benzene rings is 1. The Hall–Kier alpha value is -2.08. The first-order chi connectivity index (χ1) is 12.6. The van der Waals surface area contributed by atoms with E-state index >= 15 is 0 Å². The summed E-state index contributed by atoms with van der Waals surface area (Å²) in [6.07, 6.45) is 9.71. The molecule has 26 heavy (non-hydrogen) atoms. The molecule has 6 heteroatoms. The molecule has 2 fully saturated rings. The number of rotatable bonds is 4. The maximum absolute atomic E-state index is 12.3. The third-order valence-electron chi connectivity index (χ3n) is 6.32. The second-order valence-corrected chi connectivity index (χ2v) is 8.00. The van der Waals surface area contributed by atoms with Gasteiger partial charge in [0.1, 0.15) is 0 Å². The molecule has 1 saturated carbocycles. The Kier molecular flexibility index (Phi) is 4.85. The van der Waals surface area contributed by atoms with E-state index in [-0.39, 0.29) is 11.6 Å². The first-order valence-corrected chi connectivity index (χ1v) is 9.86. The van der Waals surface area contributed by atoms with E-state index in [1.807, 2.05) is 0 Å². The number of fused-ring (bicyclic) bond motifs is 1. The lowest BCUT2D eigenvalue weighted by Gasteiger charge is -2.44. The van der Waals surface area contributed by atoms with E-state index in [9.17, 15) is 9.59 Å². The molecule has 2 aliphatic rings. The van der Waals surface area contributed by atoms with Crippen molar-refractivity contribution in [3.05, 3.63) is 34.2 Å². The molecule has 1 saturated heterocycles. The van der Waals surface area contributed by atoms with Gasteiger partial charge in [0.15, 0.2) is 0 Å². The van der Waals surface area contributed by atoms with E-state index in [1.54, 1.807) is 18.2 Å². The van der Waals surface area contributed by atoms with Crippen molar-refractivity contribution in [2.24, 2.45) is 5.41 Å². The number of piperidine rings is 1. The highest BCUT2D eigenvalue weighted by molar-refractivity contribution is 5.97. The van der Waals surface area contributed by atoms with Gasteiger partial charge in [0, 0.05) is 18.7 Å². The van der Waals surface area contributed by atoms with E-state index in [2.05, 4.69) is 20.2 Å². The van der Waals surface area contributed by atoms with Crippen LogP contribution in [0.1, 0.15) is 55.3 Å². The van der Waals surface area contributed by atoms with Crippen molar-refractivity contribution in [3.8, 4) is 0 Å². The number of nitrogens with zero attached hydrogens (tertiary/aromatic N) is 1. The van der Waals surface area contributed by atoms with Gasteiger partial charge >= 0.3 is 5.69 Å². The fraction of sp³-hybridized carbons (Fsp3) is 0.600. The summed E-state index contributed by atoms with van der Waals surface area (Å²) in [4.78, 5) is 31.5. The van der Waals surface area contributed by atoms with Crippen LogP contribution < -0.4 is 11.0 Å². The zero-order valence-electron chi connectivity index (χ0n) is 15.3. The Morgan fingerprint density at radius 3 is 2.54 bits per heavy atom. The van der Waals surface area contributed by atoms with Crippen molar-refractivity contribution < 1.29 is 4.79 Å². The molecule has 0 radical (unpaired) electrons. The van der Waals surface area contributed by atoms with Crippen LogP contribution in [0.2, 0.25) is 0 Å². The molecule has 1 aliphatic carbocycles. The number of aromatic amines is 2. The molecule has 4 rings (SSSR count). The molecule has 1 amide bonds. The van der Waals surface area contributed by atoms with Gasteiger partial charge < -0.3 is 20.2 Å². The average molecular weight is 356 g/mol. The molecule has 1 spiro atoms. The van der Waals surface area contributed by atoms with Gasteiger partial charge in [0.05, 0.1) is 11.0 Å². The lowest BCUT2D eigenvalue weighted by atomic mass is 9.68. The molecule has 0 atom stereocenters. The minimum Gasteiger partial charge on any atom is -0.351 e. The zero-order valence-corrected chi connectivity index (χ0v) is 15.3. The van der Waals surface area contributed by atoms with Crippen LogP contribution in [0.25, 0.3) is 11.0 Å². The second-order valence-electron chi connectivity index (χ2n) is 8.00. The highest BCUT2D eigenvalue weighted by Crippen LogP contribution is 2.44. The van der Waals surface area contributed by atoms with E-state index in [0.29, 0.717) is 23.0 Å². The van der Waals surface area contributed by atoms with Gasteiger partial charge in [-0.15, -0.1) is 0 Å². The van der Waals surface area contributed by atoms with E-state index in [1.165, 1.54) is 44.9 Å². The predicted octanol–water partition coefficient (Wildman–Crippen LogP) is 2.63. The number of hydrogen-bond acceptors (Lipinski definition) is 3. The fourth-order valence-electron chi connectivity index (χ4n) is 4.66. The highest BCUT2D eigenvalue weighted by atomic mass is 16.2. The number of hydrogen-bond donors (Lipinski definition) is 3. The van der Waals surface area contributed by atoms with Crippen LogP contribution in [0.15, 0.2) is 23.0 Å².